The Morgan fingerprint density at radius 1 is 1.18 bits per heavy atom. The first-order valence-electron chi connectivity index (χ1n) is 5.23. The van der Waals surface area contributed by atoms with Gasteiger partial charge in [0.05, 0.1) is 16.9 Å². The Morgan fingerprint density at radius 2 is 1.82 bits per heavy atom. The number of hydrogen-bond donors (Lipinski definition) is 0. The molecular formula is C12H11F3N2. The molecule has 0 N–H and O–H groups in total. The lowest BCUT2D eigenvalue weighted by atomic mass is 10.2. The summed E-state index contributed by atoms with van der Waals surface area (Å²) in [7, 11) is 0. The Morgan fingerprint density at radius 3 is 2.29 bits per heavy atom. The van der Waals surface area contributed by atoms with Crippen LogP contribution in [0.5, 0.6) is 0 Å². The maximum Gasteiger partial charge on any atom is 0.419 e. The van der Waals surface area contributed by atoms with Gasteiger partial charge in [-0.05, 0) is 18.6 Å². The molecule has 90 valence electrons. The highest BCUT2D eigenvalue weighted by Gasteiger charge is 2.35. The Bertz CT molecular complexity index is 500. The zero-order valence-electron chi connectivity index (χ0n) is 9.20. The molecule has 0 spiro atoms. The molecule has 0 atom stereocenters. The predicted molar refractivity (Wildman–Crippen MR) is 57.9 cm³/mol. The summed E-state index contributed by atoms with van der Waals surface area (Å²) in [6, 6.07) is 8.75. The molecule has 0 aliphatic carbocycles. The van der Waals surface area contributed by atoms with Gasteiger partial charge < -0.3 is 0 Å². The van der Waals surface area contributed by atoms with Gasteiger partial charge in [-0.15, -0.1) is 0 Å². The average Bonchev–Trinajstić information content (AvgIpc) is 2.74. The topological polar surface area (TPSA) is 17.8 Å². The van der Waals surface area contributed by atoms with Gasteiger partial charge in [0, 0.05) is 6.20 Å². The molecule has 1 heterocycles. The van der Waals surface area contributed by atoms with Crippen molar-refractivity contribution in [1.29, 1.82) is 0 Å². The van der Waals surface area contributed by atoms with Crippen molar-refractivity contribution in [3.63, 3.8) is 0 Å². The molecule has 0 fully saturated rings. The number of hydrogen-bond acceptors (Lipinski definition) is 1. The van der Waals surface area contributed by atoms with Crippen molar-refractivity contribution in [3.8, 4) is 5.69 Å². The summed E-state index contributed by atoms with van der Waals surface area (Å²) in [5.74, 6) is 0. The van der Waals surface area contributed by atoms with Crippen LogP contribution in [0.1, 0.15) is 18.2 Å². The van der Waals surface area contributed by atoms with Gasteiger partial charge in [-0.3, -0.25) is 0 Å². The van der Waals surface area contributed by atoms with Gasteiger partial charge in [-0.25, -0.2) is 4.68 Å². The van der Waals surface area contributed by atoms with Crippen LogP contribution in [0.2, 0.25) is 0 Å². The molecule has 2 aromatic rings. The van der Waals surface area contributed by atoms with Crippen LogP contribution in [0.25, 0.3) is 5.69 Å². The van der Waals surface area contributed by atoms with Gasteiger partial charge in [0.15, 0.2) is 0 Å². The molecule has 0 bridgehead atoms. The van der Waals surface area contributed by atoms with Crippen LogP contribution < -0.4 is 0 Å². The standard InChI is InChI=1S/C12H11F3N2/c1-2-11-10(12(13,14)15)8-17(16-11)9-6-4-3-5-7-9/h3-8H,2H2,1H3. The molecule has 0 radical (unpaired) electrons. The predicted octanol–water partition coefficient (Wildman–Crippen LogP) is 3.45. The van der Waals surface area contributed by atoms with Gasteiger partial charge in [0.1, 0.15) is 0 Å². The molecule has 2 rings (SSSR count). The number of para-hydroxylation sites is 1. The summed E-state index contributed by atoms with van der Waals surface area (Å²) in [5, 5.41) is 3.96. The molecule has 17 heavy (non-hydrogen) atoms. The molecule has 1 aromatic carbocycles. The molecule has 5 heteroatoms. The first-order valence-corrected chi connectivity index (χ1v) is 5.23. The lowest BCUT2D eigenvalue weighted by Crippen LogP contribution is -2.06. The zero-order chi connectivity index (χ0) is 12.5. The van der Waals surface area contributed by atoms with Gasteiger partial charge in [-0.1, -0.05) is 25.1 Å². The molecule has 0 amide bonds. The third kappa shape index (κ3) is 2.33. The average molecular weight is 240 g/mol. The fourth-order valence-electron chi connectivity index (χ4n) is 1.62. The number of benzene rings is 1. The highest BCUT2D eigenvalue weighted by Crippen LogP contribution is 2.32. The molecule has 0 aliphatic rings. The highest BCUT2D eigenvalue weighted by molar-refractivity contribution is 5.33. The van der Waals surface area contributed by atoms with Crippen LogP contribution in [-0.4, -0.2) is 9.78 Å². The van der Waals surface area contributed by atoms with Crippen LogP contribution in [0.15, 0.2) is 36.5 Å². The van der Waals surface area contributed by atoms with Crippen LogP contribution >= 0.6 is 0 Å². The Labute approximate surface area is 96.7 Å². The summed E-state index contributed by atoms with van der Waals surface area (Å²) in [6.07, 6.45) is -3.05. The van der Waals surface area contributed by atoms with E-state index in [0.717, 1.165) is 6.20 Å². The summed E-state index contributed by atoms with van der Waals surface area (Å²) in [4.78, 5) is 0. The SMILES string of the molecule is CCc1nn(-c2ccccc2)cc1C(F)(F)F. The molecular weight excluding hydrogens is 229 g/mol. The van der Waals surface area contributed by atoms with Gasteiger partial charge in [-0.2, -0.15) is 18.3 Å². The van der Waals surface area contributed by atoms with Crippen molar-refractivity contribution >= 4 is 0 Å². The van der Waals surface area contributed by atoms with E-state index in [4.69, 9.17) is 0 Å². The summed E-state index contributed by atoms with van der Waals surface area (Å²) >= 11 is 0. The molecule has 0 aliphatic heterocycles. The van der Waals surface area contributed by atoms with E-state index in [1.54, 1.807) is 37.3 Å². The number of aromatic nitrogens is 2. The monoisotopic (exact) mass is 240 g/mol. The third-order valence-corrected chi connectivity index (χ3v) is 2.45. The first-order chi connectivity index (χ1) is 8.02. The number of halogens is 3. The van der Waals surface area contributed by atoms with E-state index in [1.165, 1.54) is 4.68 Å². The van der Waals surface area contributed by atoms with Crippen LogP contribution in [0.4, 0.5) is 13.2 Å². The fraction of sp³-hybridized carbons (Fsp3) is 0.250. The van der Waals surface area contributed by atoms with Gasteiger partial charge in [0.25, 0.3) is 0 Å². The number of alkyl halides is 3. The quantitative estimate of drug-likeness (QED) is 0.786. The fourth-order valence-corrected chi connectivity index (χ4v) is 1.62. The van der Waals surface area contributed by atoms with Crippen molar-refractivity contribution < 1.29 is 13.2 Å². The second-order valence-electron chi connectivity index (χ2n) is 3.62. The van der Waals surface area contributed by atoms with Gasteiger partial charge >= 0.3 is 6.18 Å². The van der Waals surface area contributed by atoms with E-state index in [9.17, 15) is 13.2 Å². The Hall–Kier alpha value is -1.78. The van der Waals surface area contributed by atoms with Crippen molar-refractivity contribution in [2.45, 2.75) is 19.5 Å². The van der Waals surface area contributed by atoms with Crippen molar-refractivity contribution in [1.82, 2.24) is 9.78 Å². The van der Waals surface area contributed by atoms with Crippen LogP contribution in [-0.2, 0) is 12.6 Å². The smallest absolute Gasteiger partial charge is 0.240 e. The van der Waals surface area contributed by atoms with Crippen LogP contribution in [0, 0.1) is 0 Å². The Balaban J connectivity index is 2.49. The van der Waals surface area contributed by atoms with E-state index >= 15 is 0 Å². The molecule has 2 nitrogen and oxygen atoms in total. The van der Waals surface area contributed by atoms with Crippen molar-refractivity contribution in [2.75, 3.05) is 0 Å². The van der Waals surface area contributed by atoms with E-state index in [-0.39, 0.29) is 12.1 Å². The second kappa shape index (κ2) is 4.24. The number of nitrogens with zero attached hydrogens (tertiary/aromatic N) is 2. The molecule has 0 saturated heterocycles. The van der Waals surface area contributed by atoms with E-state index in [0.29, 0.717) is 5.69 Å². The third-order valence-electron chi connectivity index (χ3n) is 2.45. The largest absolute Gasteiger partial charge is 0.419 e. The van der Waals surface area contributed by atoms with Crippen molar-refractivity contribution in [3.05, 3.63) is 47.8 Å². The lowest BCUT2D eigenvalue weighted by Gasteiger charge is -2.03. The number of rotatable bonds is 2. The maximum absolute atomic E-state index is 12.7. The summed E-state index contributed by atoms with van der Waals surface area (Å²) in [5.41, 5.74) is 0.0305. The first kappa shape index (κ1) is 11.7. The molecule has 0 unspecified atom stereocenters. The minimum absolute atomic E-state index is 0.0707. The minimum atomic E-state index is -4.35. The van der Waals surface area contributed by atoms with E-state index in [2.05, 4.69) is 5.10 Å². The summed E-state index contributed by atoms with van der Waals surface area (Å²) < 4.78 is 39.4. The second-order valence-corrected chi connectivity index (χ2v) is 3.62. The summed E-state index contributed by atoms with van der Waals surface area (Å²) in [6.45, 7) is 1.66. The lowest BCUT2D eigenvalue weighted by molar-refractivity contribution is -0.138. The normalized spacial score (nSPS) is 11.8. The number of aryl methyl sites for hydroxylation is 1. The maximum atomic E-state index is 12.7. The Kier molecular flexibility index (Phi) is 2.92. The van der Waals surface area contributed by atoms with E-state index in [1.807, 2.05) is 0 Å². The molecule has 1 aromatic heterocycles. The highest BCUT2D eigenvalue weighted by atomic mass is 19.4. The van der Waals surface area contributed by atoms with E-state index < -0.39 is 11.7 Å². The minimum Gasteiger partial charge on any atom is -0.240 e. The van der Waals surface area contributed by atoms with Crippen molar-refractivity contribution in [2.24, 2.45) is 0 Å². The van der Waals surface area contributed by atoms with Crippen LogP contribution in [0.3, 0.4) is 0 Å². The zero-order valence-corrected chi connectivity index (χ0v) is 9.20. The molecule has 0 saturated carbocycles. The van der Waals surface area contributed by atoms with Gasteiger partial charge in [0.2, 0.25) is 0 Å².